The van der Waals surface area contributed by atoms with Gasteiger partial charge in [0.2, 0.25) is 11.8 Å². The molecule has 0 spiro atoms. The maximum absolute atomic E-state index is 12.8. The quantitative estimate of drug-likeness (QED) is 0.852. The third kappa shape index (κ3) is 3.53. The first-order chi connectivity index (χ1) is 12.6. The molecule has 26 heavy (non-hydrogen) atoms. The Bertz CT molecular complexity index is 734. The molecule has 1 saturated heterocycles. The van der Waals surface area contributed by atoms with E-state index in [0.29, 0.717) is 24.9 Å². The standard InChI is InChI=1S/C19H25N3O4/c1-11(2)17-21-19(26-22-17)16(12-5-8-24-9-6-12)20-18(23)14-10-13(14)15-4-3-7-25-15/h3-4,7,11-14,16H,5-6,8-10H2,1-2H3,(H,20,23)/t13-,14+,16+/m0/s1. The lowest BCUT2D eigenvalue weighted by molar-refractivity contribution is -0.124. The molecule has 4 rings (SSSR count). The van der Waals surface area contributed by atoms with Gasteiger partial charge in [-0.3, -0.25) is 4.79 Å². The molecule has 2 aromatic rings. The second kappa shape index (κ2) is 7.23. The highest BCUT2D eigenvalue weighted by Crippen LogP contribution is 2.48. The van der Waals surface area contributed by atoms with E-state index in [9.17, 15) is 4.79 Å². The van der Waals surface area contributed by atoms with Crippen LogP contribution >= 0.6 is 0 Å². The highest BCUT2D eigenvalue weighted by Gasteiger charge is 2.47. The molecule has 1 saturated carbocycles. The fraction of sp³-hybridized carbons (Fsp3) is 0.632. The number of furan rings is 1. The van der Waals surface area contributed by atoms with E-state index in [2.05, 4.69) is 15.5 Å². The molecule has 0 bridgehead atoms. The number of ether oxygens (including phenoxy) is 1. The predicted molar refractivity (Wildman–Crippen MR) is 92.4 cm³/mol. The number of rotatable bonds is 6. The van der Waals surface area contributed by atoms with E-state index in [4.69, 9.17) is 13.7 Å². The second-order valence-electron chi connectivity index (χ2n) is 7.55. The first-order valence-corrected chi connectivity index (χ1v) is 9.38. The van der Waals surface area contributed by atoms with Gasteiger partial charge in [-0.25, -0.2) is 0 Å². The lowest BCUT2D eigenvalue weighted by Crippen LogP contribution is -2.37. The summed E-state index contributed by atoms with van der Waals surface area (Å²) in [6.07, 6.45) is 4.22. The van der Waals surface area contributed by atoms with Crippen LogP contribution in [0.5, 0.6) is 0 Å². The number of hydrogen-bond donors (Lipinski definition) is 1. The highest BCUT2D eigenvalue weighted by molar-refractivity contribution is 5.83. The van der Waals surface area contributed by atoms with E-state index in [-0.39, 0.29) is 35.6 Å². The number of carbonyl (C=O) groups is 1. The maximum Gasteiger partial charge on any atom is 0.249 e. The highest BCUT2D eigenvalue weighted by atomic mass is 16.5. The predicted octanol–water partition coefficient (Wildman–Crippen LogP) is 3.17. The van der Waals surface area contributed by atoms with Gasteiger partial charge in [0, 0.05) is 31.0 Å². The van der Waals surface area contributed by atoms with Crippen LogP contribution < -0.4 is 5.32 Å². The summed E-state index contributed by atoms with van der Waals surface area (Å²) in [7, 11) is 0. The number of carbonyl (C=O) groups excluding carboxylic acids is 1. The van der Waals surface area contributed by atoms with Gasteiger partial charge in [0.1, 0.15) is 11.8 Å². The van der Waals surface area contributed by atoms with E-state index in [0.717, 1.165) is 25.0 Å². The van der Waals surface area contributed by atoms with Crippen LogP contribution in [0.25, 0.3) is 0 Å². The number of nitrogens with zero attached hydrogens (tertiary/aromatic N) is 2. The molecule has 3 heterocycles. The van der Waals surface area contributed by atoms with E-state index >= 15 is 0 Å². The molecular weight excluding hydrogens is 334 g/mol. The Hall–Kier alpha value is -2.15. The SMILES string of the molecule is CC(C)c1noc([C@H](NC(=O)[C@@H]2C[C@@H]2c2ccco2)C2CCOCC2)n1. The summed E-state index contributed by atoms with van der Waals surface area (Å²) in [5, 5.41) is 7.25. The van der Waals surface area contributed by atoms with Crippen molar-refractivity contribution in [2.45, 2.75) is 51.0 Å². The molecule has 0 aromatic carbocycles. The molecule has 7 nitrogen and oxygen atoms in total. The number of nitrogens with one attached hydrogen (secondary N) is 1. The Labute approximate surface area is 152 Å². The van der Waals surface area contributed by atoms with Gasteiger partial charge in [-0.1, -0.05) is 19.0 Å². The lowest BCUT2D eigenvalue weighted by Gasteiger charge is -2.28. The summed E-state index contributed by atoms with van der Waals surface area (Å²) in [6, 6.07) is 3.53. The molecule has 3 atom stereocenters. The lowest BCUT2D eigenvalue weighted by atomic mass is 9.91. The third-order valence-electron chi connectivity index (χ3n) is 5.31. The van der Waals surface area contributed by atoms with E-state index in [1.807, 2.05) is 26.0 Å². The van der Waals surface area contributed by atoms with E-state index in [1.54, 1.807) is 6.26 Å². The van der Waals surface area contributed by atoms with Gasteiger partial charge in [-0.05, 0) is 37.3 Å². The maximum atomic E-state index is 12.8. The minimum atomic E-state index is -0.260. The van der Waals surface area contributed by atoms with Crippen molar-refractivity contribution in [1.29, 1.82) is 0 Å². The van der Waals surface area contributed by atoms with Crippen molar-refractivity contribution in [2.24, 2.45) is 11.8 Å². The zero-order valence-corrected chi connectivity index (χ0v) is 15.2. The van der Waals surface area contributed by atoms with Crippen LogP contribution in [-0.2, 0) is 9.53 Å². The smallest absolute Gasteiger partial charge is 0.249 e. The Morgan fingerprint density at radius 1 is 1.31 bits per heavy atom. The summed E-state index contributed by atoms with van der Waals surface area (Å²) in [6.45, 7) is 5.44. The Morgan fingerprint density at radius 3 is 2.77 bits per heavy atom. The number of amides is 1. The zero-order chi connectivity index (χ0) is 18.1. The normalized spacial score (nSPS) is 24.6. The Balaban J connectivity index is 1.48. The number of aromatic nitrogens is 2. The van der Waals surface area contributed by atoms with Gasteiger partial charge in [0.05, 0.1) is 6.26 Å². The third-order valence-corrected chi connectivity index (χ3v) is 5.31. The molecule has 1 N–H and O–H groups in total. The molecular formula is C19H25N3O4. The van der Waals surface area contributed by atoms with Crippen molar-refractivity contribution < 1.29 is 18.5 Å². The first kappa shape index (κ1) is 17.3. The molecule has 2 aromatic heterocycles. The molecule has 0 unspecified atom stereocenters. The van der Waals surface area contributed by atoms with Crippen molar-refractivity contribution in [1.82, 2.24) is 15.5 Å². The monoisotopic (exact) mass is 359 g/mol. The van der Waals surface area contributed by atoms with Gasteiger partial charge in [-0.15, -0.1) is 0 Å². The van der Waals surface area contributed by atoms with Crippen LogP contribution in [0.2, 0.25) is 0 Å². The molecule has 1 amide bonds. The molecule has 1 aliphatic heterocycles. The average molecular weight is 359 g/mol. The molecule has 140 valence electrons. The fourth-order valence-electron chi connectivity index (χ4n) is 3.60. The van der Waals surface area contributed by atoms with Crippen LogP contribution in [0.4, 0.5) is 0 Å². The van der Waals surface area contributed by atoms with Gasteiger partial charge in [-0.2, -0.15) is 4.98 Å². The Kier molecular flexibility index (Phi) is 4.80. The molecule has 0 radical (unpaired) electrons. The molecule has 1 aliphatic carbocycles. The van der Waals surface area contributed by atoms with Crippen LogP contribution in [0.1, 0.15) is 68.5 Å². The van der Waals surface area contributed by atoms with Gasteiger partial charge in [0.25, 0.3) is 0 Å². The van der Waals surface area contributed by atoms with Crippen LogP contribution in [0.3, 0.4) is 0 Å². The van der Waals surface area contributed by atoms with Gasteiger partial charge in [0.15, 0.2) is 5.82 Å². The minimum Gasteiger partial charge on any atom is -0.469 e. The number of hydrogen-bond acceptors (Lipinski definition) is 6. The summed E-state index contributed by atoms with van der Waals surface area (Å²) in [5.41, 5.74) is 0. The van der Waals surface area contributed by atoms with Crippen LogP contribution in [0, 0.1) is 11.8 Å². The van der Waals surface area contributed by atoms with Crippen LogP contribution in [-0.4, -0.2) is 29.3 Å². The summed E-state index contributed by atoms with van der Waals surface area (Å²) >= 11 is 0. The van der Waals surface area contributed by atoms with Crippen molar-refractivity contribution in [3.8, 4) is 0 Å². The molecule has 2 fully saturated rings. The van der Waals surface area contributed by atoms with Crippen molar-refractivity contribution in [3.63, 3.8) is 0 Å². The largest absolute Gasteiger partial charge is 0.469 e. The van der Waals surface area contributed by atoms with E-state index in [1.165, 1.54) is 0 Å². The second-order valence-corrected chi connectivity index (χ2v) is 7.55. The topological polar surface area (TPSA) is 90.4 Å². The van der Waals surface area contributed by atoms with E-state index < -0.39 is 0 Å². The van der Waals surface area contributed by atoms with Gasteiger partial charge >= 0.3 is 0 Å². The zero-order valence-electron chi connectivity index (χ0n) is 15.2. The Morgan fingerprint density at radius 2 is 2.12 bits per heavy atom. The summed E-state index contributed by atoms with van der Waals surface area (Å²) in [5.74, 6) is 2.65. The summed E-state index contributed by atoms with van der Waals surface area (Å²) in [4.78, 5) is 17.3. The first-order valence-electron chi connectivity index (χ1n) is 9.38. The van der Waals surface area contributed by atoms with Crippen LogP contribution in [0.15, 0.2) is 27.3 Å². The van der Waals surface area contributed by atoms with Gasteiger partial charge < -0.3 is 19.0 Å². The summed E-state index contributed by atoms with van der Waals surface area (Å²) < 4.78 is 16.4. The average Bonchev–Trinajstić information content (AvgIpc) is 3.07. The fourth-order valence-corrected chi connectivity index (χ4v) is 3.60. The molecule has 7 heteroatoms. The van der Waals surface area contributed by atoms with Crippen molar-refractivity contribution >= 4 is 5.91 Å². The molecule has 2 aliphatic rings. The minimum absolute atomic E-state index is 0.0344. The van der Waals surface area contributed by atoms with Crippen molar-refractivity contribution in [2.75, 3.05) is 13.2 Å². The van der Waals surface area contributed by atoms with Crippen molar-refractivity contribution in [3.05, 3.63) is 35.9 Å².